The highest BCUT2D eigenvalue weighted by Crippen LogP contribution is 2.26. The molecule has 8 nitrogen and oxygen atoms in total. The zero-order chi connectivity index (χ0) is 38.0. The number of nitrogens with one attached hydrogen (secondary N) is 3. The van der Waals surface area contributed by atoms with Crippen molar-refractivity contribution in [2.45, 2.75) is 50.4 Å². The highest BCUT2D eigenvalue weighted by atomic mass is 79.9. The maximum absolute atomic E-state index is 12.5. The maximum atomic E-state index is 12.5. The van der Waals surface area contributed by atoms with Gasteiger partial charge in [0.15, 0.2) is 10.3 Å². The molecule has 0 saturated heterocycles. The summed E-state index contributed by atoms with van der Waals surface area (Å²) in [5, 5.41) is 11.7. The molecule has 2 heterocycles. The number of amides is 2. The number of carbonyl (C=O) groups excluding carboxylic acids is 2. The minimum absolute atomic E-state index is 0.0638. The van der Waals surface area contributed by atoms with Crippen molar-refractivity contribution in [1.82, 2.24) is 9.97 Å². The third-order valence-corrected chi connectivity index (χ3v) is 11.1. The molecule has 0 aliphatic rings. The number of para-hydroxylation sites is 2. The van der Waals surface area contributed by atoms with E-state index in [1.165, 1.54) is 22.7 Å². The number of halogens is 3. The number of hydrogen-bond acceptors (Lipinski definition) is 8. The zero-order valence-corrected chi connectivity index (χ0v) is 34.0. The second-order valence-corrected chi connectivity index (χ2v) is 15.7. The van der Waals surface area contributed by atoms with Crippen LogP contribution in [0.15, 0.2) is 122 Å². The third-order valence-electron chi connectivity index (χ3n) is 7.49. The van der Waals surface area contributed by atoms with Crippen LogP contribution in [0.2, 0.25) is 10.0 Å². The fourth-order valence-electron chi connectivity index (χ4n) is 4.66. The van der Waals surface area contributed by atoms with Gasteiger partial charge < -0.3 is 21.7 Å². The highest BCUT2D eigenvalue weighted by Gasteiger charge is 2.18. The Hall–Kier alpha value is -4.26. The molecule has 0 aliphatic carbocycles. The summed E-state index contributed by atoms with van der Waals surface area (Å²) in [6.07, 6.45) is 6.40. The minimum Gasteiger partial charge on any atom is -0.399 e. The molecule has 5 N–H and O–H groups in total. The Morgan fingerprint density at radius 2 is 1.13 bits per heavy atom. The van der Waals surface area contributed by atoms with E-state index in [0.29, 0.717) is 23.1 Å². The Morgan fingerprint density at radius 3 is 1.57 bits per heavy atom. The van der Waals surface area contributed by atoms with Crippen molar-refractivity contribution in [2.24, 2.45) is 0 Å². The molecule has 53 heavy (non-hydrogen) atoms. The number of aromatic nitrogens is 2. The molecule has 2 aromatic heterocycles. The van der Waals surface area contributed by atoms with Gasteiger partial charge in [-0.1, -0.05) is 126 Å². The van der Waals surface area contributed by atoms with E-state index in [1.807, 2.05) is 123 Å². The monoisotopic (exact) mass is 850 g/mol. The maximum Gasteiger partial charge on any atom is 0.248 e. The predicted octanol–water partition coefficient (Wildman–Crippen LogP) is 11.0. The molecule has 0 fully saturated rings. The van der Waals surface area contributed by atoms with Crippen molar-refractivity contribution < 1.29 is 9.59 Å². The first-order valence-corrected chi connectivity index (χ1v) is 20.2. The molecule has 276 valence electrons. The van der Waals surface area contributed by atoms with Crippen molar-refractivity contribution >= 4 is 95.3 Å². The summed E-state index contributed by atoms with van der Waals surface area (Å²) in [6.45, 7) is 3.93. The second-order valence-electron chi connectivity index (χ2n) is 11.5. The molecule has 6 rings (SSSR count). The number of nitrogens with zero attached hydrogens (tertiary/aromatic N) is 2. The summed E-state index contributed by atoms with van der Waals surface area (Å²) >= 11 is 18.6. The predicted molar refractivity (Wildman–Crippen MR) is 228 cm³/mol. The number of nitrogens with two attached hydrogens (primary N) is 1. The standard InChI is InChI=1S/C20H20ClN3OS.C14H14BrClN2OS.C6H7N/c1-2-18(23-15-9-4-3-5-10-15)19(25)24-20-22-13-16(26-20)12-14-8-6-7-11-17(14)21;1-2-11(15)13(19)18-14-17-8-10(20-14)7-9-5-3-4-6-12(9)16;7-6-4-2-1-3-5-6/h3-11,13,18,23H,2,12H2,1H3,(H,22,24,25);3-6,8,11H,2,7H2,1H3,(H,17,18,19);1-5H,7H2. The summed E-state index contributed by atoms with van der Waals surface area (Å²) < 4.78 is 0. The quantitative estimate of drug-likeness (QED) is 0.0718. The van der Waals surface area contributed by atoms with Crippen molar-refractivity contribution in [2.75, 3.05) is 21.7 Å². The number of alkyl halides is 1. The van der Waals surface area contributed by atoms with Gasteiger partial charge in [-0.3, -0.25) is 9.59 Å². The molecule has 0 saturated carbocycles. The minimum atomic E-state index is -0.312. The van der Waals surface area contributed by atoms with Gasteiger partial charge >= 0.3 is 0 Å². The van der Waals surface area contributed by atoms with Crippen LogP contribution >= 0.6 is 61.8 Å². The Balaban J connectivity index is 0.000000204. The molecule has 2 amide bonds. The average molecular weight is 853 g/mol. The Labute approximate surface area is 337 Å². The van der Waals surface area contributed by atoms with Gasteiger partial charge in [0.1, 0.15) is 6.04 Å². The summed E-state index contributed by atoms with van der Waals surface area (Å²) in [7, 11) is 0. The molecule has 4 aromatic carbocycles. The van der Waals surface area contributed by atoms with Crippen molar-refractivity contribution in [3.63, 3.8) is 0 Å². The molecule has 0 radical (unpaired) electrons. The van der Waals surface area contributed by atoms with Gasteiger partial charge in [0.2, 0.25) is 11.8 Å². The lowest BCUT2D eigenvalue weighted by molar-refractivity contribution is -0.117. The second kappa shape index (κ2) is 22.1. The molecular weight excluding hydrogens is 811 g/mol. The van der Waals surface area contributed by atoms with Crippen LogP contribution < -0.4 is 21.7 Å². The van der Waals surface area contributed by atoms with E-state index in [0.717, 1.165) is 55.1 Å². The number of anilines is 4. The lowest BCUT2D eigenvalue weighted by Gasteiger charge is -2.17. The molecule has 2 unspecified atom stereocenters. The van der Waals surface area contributed by atoms with Gasteiger partial charge in [0.05, 0.1) is 4.83 Å². The number of thiazole rings is 2. The average Bonchev–Trinajstić information content (AvgIpc) is 3.81. The van der Waals surface area contributed by atoms with Crippen molar-refractivity contribution in [3.05, 3.63) is 153 Å². The highest BCUT2D eigenvalue weighted by molar-refractivity contribution is 9.10. The molecule has 13 heteroatoms. The third kappa shape index (κ3) is 14.2. The van der Waals surface area contributed by atoms with Gasteiger partial charge in [0, 0.05) is 56.4 Å². The Bertz CT molecular complexity index is 2010. The topological polar surface area (TPSA) is 122 Å². The molecule has 0 bridgehead atoms. The fraction of sp³-hybridized carbons (Fsp3) is 0.200. The lowest BCUT2D eigenvalue weighted by Crippen LogP contribution is -2.34. The van der Waals surface area contributed by atoms with Crippen LogP contribution in [0, 0.1) is 0 Å². The Kier molecular flexibility index (Phi) is 17.3. The number of carbonyl (C=O) groups is 2. The molecule has 0 aliphatic heterocycles. The number of benzene rings is 4. The largest absolute Gasteiger partial charge is 0.399 e. The zero-order valence-electron chi connectivity index (χ0n) is 29.3. The van der Waals surface area contributed by atoms with E-state index in [4.69, 9.17) is 28.9 Å². The van der Waals surface area contributed by atoms with Crippen molar-refractivity contribution in [1.29, 1.82) is 0 Å². The van der Waals surface area contributed by atoms with Crippen LogP contribution in [-0.4, -0.2) is 32.7 Å². The van der Waals surface area contributed by atoms with E-state index >= 15 is 0 Å². The van der Waals surface area contributed by atoms with E-state index in [9.17, 15) is 9.59 Å². The first-order chi connectivity index (χ1) is 25.6. The van der Waals surface area contributed by atoms with Gasteiger partial charge in [-0.15, -0.1) is 22.7 Å². The van der Waals surface area contributed by atoms with Crippen LogP contribution in [0.1, 0.15) is 47.6 Å². The molecule has 6 aromatic rings. The smallest absolute Gasteiger partial charge is 0.248 e. The molecular formula is C40H41BrCl2N6O2S2. The van der Waals surface area contributed by atoms with Gasteiger partial charge in [-0.25, -0.2) is 9.97 Å². The van der Waals surface area contributed by atoms with E-state index in [1.54, 1.807) is 12.4 Å². The first-order valence-electron chi connectivity index (χ1n) is 16.9. The number of hydrogen-bond donors (Lipinski definition) is 4. The summed E-state index contributed by atoms with van der Waals surface area (Å²) in [4.78, 5) is 34.8. The van der Waals surface area contributed by atoms with Crippen LogP contribution in [0.3, 0.4) is 0 Å². The van der Waals surface area contributed by atoms with E-state index in [-0.39, 0.29) is 22.7 Å². The number of rotatable bonds is 12. The van der Waals surface area contributed by atoms with Crippen LogP contribution in [0.25, 0.3) is 0 Å². The fourth-order valence-corrected chi connectivity index (χ4v) is 6.85. The van der Waals surface area contributed by atoms with Gasteiger partial charge in [0.25, 0.3) is 0 Å². The SMILES string of the molecule is CCC(Br)C(=O)Nc1ncc(Cc2ccccc2Cl)s1.CCC(Nc1ccccc1)C(=O)Nc1ncc(Cc2ccccc2Cl)s1.Nc1ccccc1. The van der Waals surface area contributed by atoms with Gasteiger partial charge in [-0.2, -0.15) is 0 Å². The van der Waals surface area contributed by atoms with E-state index < -0.39 is 0 Å². The Morgan fingerprint density at radius 1 is 0.679 bits per heavy atom. The van der Waals surface area contributed by atoms with Crippen LogP contribution in [0.5, 0.6) is 0 Å². The summed E-state index contributed by atoms with van der Waals surface area (Å²) in [6, 6.07) is 34.4. The van der Waals surface area contributed by atoms with Crippen molar-refractivity contribution in [3.8, 4) is 0 Å². The summed E-state index contributed by atoms with van der Waals surface area (Å²) in [5.74, 6) is -0.152. The first kappa shape index (κ1) is 41.5. The molecule has 2 atom stereocenters. The van der Waals surface area contributed by atoms with Crippen LogP contribution in [-0.2, 0) is 22.4 Å². The van der Waals surface area contributed by atoms with E-state index in [2.05, 4.69) is 41.8 Å². The summed E-state index contributed by atoms with van der Waals surface area (Å²) in [5.41, 5.74) is 9.21. The lowest BCUT2D eigenvalue weighted by atomic mass is 10.1. The number of nitrogen functional groups attached to an aromatic ring is 1. The molecule has 0 spiro atoms. The van der Waals surface area contributed by atoms with Gasteiger partial charge in [-0.05, 0) is 60.4 Å². The normalized spacial score (nSPS) is 11.5. The van der Waals surface area contributed by atoms with Crippen LogP contribution in [0.4, 0.5) is 21.6 Å².